The number of hydrogen-bond donors (Lipinski definition) is 1. The molecular formula is C17H27ClN2. The van der Waals surface area contributed by atoms with Crippen LogP contribution >= 0.6 is 11.6 Å². The molecule has 0 spiro atoms. The quantitative estimate of drug-likeness (QED) is 0.899. The molecule has 2 rings (SSSR count). The fourth-order valence-corrected chi connectivity index (χ4v) is 3.25. The van der Waals surface area contributed by atoms with Gasteiger partial charge in [-0.2, -0.15) is 0 Å². The van der Waals surface area contributed by atoms with Gasteiger partial charge in [-0.15, -0.1) is 0 Å². The maximum Gasteiger partial charge on any atom is 0.0409 e. The van der Waals surface area contributed by atoms with E-state index >= 15 is 0 Å². The maximum absolute atomic E-state index is 6.10. The molecule has 1 fully saturated rings. The van der Waals surface area contributed by atoms with E-state index in [4.69, 9.17) is 11.6 Å². The van der Waals surface area contributed by atoms with Crippen molar-refractivity contribution in [2.45, 2.75) is 45.7 Å². The Bertz CT molecular complexity index is 444. The van der Waals surface area contributed by atoms with Gasteiger partial charge in [0.05, 0.1) is 0 Å². The smallest absolute Gasteiger partial charge is 0.0409 e. The summed E-state index contributed by atoms with van der Waals surface area (Å²) in [6.45, 7) is 9.22. The Balaban J connectivity index is 2.02. The van der Waals surface area contributed by atoms with Gasteiger partial charge in [0.1, 0.15) is 0 Å². The molecule has 20 heavy (non-hydrogen) atoms. The molecule has 2 atom stereocenters. The van der Waals surface area contributed by atoms with Crippen molar-refractivity contribution in [3.05, 3.63) is 34.9 Å². The van der Waals surface area contributed by atoms with Crippen molar-refractivity contribution in [3.8, 4) is 0 Å². The number of nitrogens with zero attached hydrogens (tertiary/aromatic N) is 1. The molecule has 1 aliphatic rings. The van der Waals surface area contributed by atoms with Gasteiger partial charge in [-0.05, 0) is 56.5 Å². The molecule has 1 aromatic carbocycles. The molecule has 1 aromatic rings. The Labute approximate surface area is 128 Å². The van der Waals surface area contributed by atoms with E-state index in [-0.39, 0.29) is 0 Å². The van der Waals surface area contributed by atoms with E-state index in [1.54, 1.807) is 0 Å². The predicted octanol–water partition coefficient (Wildman–Crippen LogP) is 4.11. The monoisotopic (exact) mass is 294 g/mol. The minimum Gasteiger partial charge on any atom is -0.312 e. The first-order valence-corrected chi connectivity index (χ1v) is 7.97. The highest BCUT2D eigenvalue weighted by atomic mass is 35.5. The topological polar surface area (TPSA) is 15.3 Å². The van der Waals surface area contributed by atoms with Gasteiger partial charge in [0.2, 0.25) is 0 Å². The van der Waals surface area contributed by atoms with E-state index in [9.17, 15) is 0 Å². The van der Waals surface area contributed by atoms with Gasteiger partial charge in [-0.25, -0.2) is 0 Å². The minimum atomic E-state index is 0.376. The molecule has 1 N–H and O–H groups in total. The predicted molar refractivity (Wildman–Crippen MR) is 87.3 cm³/mol. The van der Waals surface area contributed by atoms with Crippen LogP contribution in [0.3, 0.4) is 0 Å². The van der Waals surface area contributed by atoms with Crippen molar-refractivity contribution >= 4 is 11.6 Å². The first kappa shape index (κ1) is 15.8. The van der Waals surface area contributed by atoms with Crippen LogP contribution < -0.4 is 5.32 Å². The molecule has 0 amide bonds. The van der Waals surface area contributed by atoms with E-state index in [0.29, 0.717) is 17.5 Å². The summed E-state index contributed by atoms with van der Waals surface area (Å²) in [6.07, 6.45) is 2.60. The van der Waals surface area contributed by atoms with E-state index < -0.39 is 0 Å². The fourth-order valence-electron chi connectivity index (χ4n) is 3.05. The Hall–Kier alpha value is -0.570. The summed E-state index contributed by atoms with van der Waals surface area (Å²) in [5.74, 6) is 0. The second-order valence-corrected chi connectivity index (χ2v) is 7.21. The molecule has 0 saturated carbocycles. The van der Waals surface area contributed by atoms with Crippen LogP contribution in [-0.2, 0) is 0 Å². The molecular weight excluding hydrogens is 268 g/mol. The lowest BCUT2D eigenvalue weighted by Gasteiger charge is -2.42. The summed E-state index contributed by atoms with van der Waals surface area (Å²) in [6, 6.07) is 9.14. The van der Waals surface area contributed by atoms with Crippen molar-refractivity contribution in [2.24, 2.45) is 5.41 Å². The lowest BCUT2D eigenvalue weighted by molar-refractivity contribution is 0.122. The summed E-state index contributed by atoms with van der Waals surface area (Å²) in [5, 5.41) is 4.51. The molecule has 2 unspecified atom stereocenters. The van der Waals surface area contributed by atoms with Crippen molar-refractivity contribution < 1.29 is 0 Å². The highest BCUT2D eigenvalue weighted by Crippen LogP contribution is 2.32. The average molecular weight is 295 g/mol. The number of nitrogens with one attached hydrogen (secondary N) is 1. The minimum absolute atomic E-state index is 0.376. The van der Waals surface area contributed by atoms with Crippen molar-refractivity contribution in [3.63, 3.8) is 0 Å². The Morgan fingerprint density at radius 2 is 2.20 bits per heavy atom. The van der Waals surface area contributed by atoms with Crippen LogP contribution in [0.1, 0.15) is 45.2 Å². The molecule has 1 heterocycles. The molecule has 2 nitrogen and oxygen atoms in total. The lowest BCUT2D eigenvalue weighted by atomic mass is 9.77. The molecule has 1 saturated heterocycles. The standard InChI is InChI=1S/C17H27ClN2/c1-13(14-7-5-8-15(18)11-14)20(4)12-16-17(2,3)9-6-10-19-16/h5,7-8,11,13,16,19H,6,9-10,12H2,1-4H3. The second-order valence-electron chi connectivity index (χ2n) is 6.77. The normalized spacial score (nSPS) is 23.8. The first-order chi connectivity index (χ1) is 9.40. The van der Waals surface area contributed by atoms with Crippen molar-refractivity contribution in [1.29, 1.82) is 0 Å². The van der Waals surface area contributed by atoms with Crippen LogP contribution in [-0.4, -0.2) is 31.1 Å². The van der Waals surface area contributed by atoms with Gasteiger partial charge >= 0.3 is 0 Å². The third-order valence-electron chi connectivity index (χ3n) is 4.79. The van der Waals surface area contributed by atoms with Crippen molar-refractivity contribution in [1.82, 2.24) is 10.2 Å². The zero-order valence-corrected chi connectivity index (χ0v) is 13.9. The number of piperidine rings is 1. The zero-order valence-electron chi connectivity index (χ0n) is 13.1. The summed E-state index contributed by atoms with van der Waals surface area (Å²) >= 11 is 6.10. The van der Waals surface area contributed by atoms with Crippen LogP contribution in [0, 0.1) is 5.41 Å². The highest BCUT2D eigenvalue weighted by Gasteiger charge is 2.33. The van der Waals surface area contributed by atoms with Crippen molar-refractivity contribution in [2.75, 3.05) is 20.1 Å². The SMILES string of the molecule is CC(c1cccc(Cl)c1)N(C)CC1NCCCC1(C)C. The highest BCUT2D eigenvalue weighted by molar-refractivity contribution is 6.30. The van der Waals surface area contributed by atoms with Gasteiger partial charge in [-0.3, -0.25) is 4.90 Å². The van der Waals surface area contributed by atoms with E-state index in [1.807, 2.05) is 12.1 Å². The molecule has 0 aliphatic carbocycles. The van der Waals surface area contributed by atoms with Gasteiger partial charge in [0, 0.05) is 23.7 Å². The van der Waals surface area contributed by atoms with Gasteiger partial charge in [-0.1, -0.05) is 37.6 Å². The van der Waals surface area contributed by atoms with Crippen LogP contribution in [0.2, 0.25) is 5.02 Å². The van der Waals surface area contributed by atoms with Gasteiger partial charge in [0.15, 0.2) is 0 Å². The molecule has 1 aliphatic heterocycles. The lowest BCUT2D eigenvalue weighted by Crippen LogP contribution is -2.52. The molecule has 0 aromatic heterocycles. The van der Waals surface area contributed by atoms with Gasteiger partial charge in [0.25, 0.3) is 0 Å². The third-order valence-corrected chi connectivity index (χ3v) is 5.03. The molecule has 0 bridgehead atoms. The molecule has 0 radical (unpaired) electrons. The summed E-state index contributed by atoms with van der Waals surface area (Å²) < 4.78 is 0. The number of hydrogen-bond acceptors (Lipinski definition) is 2. The maximum atomic E-state index is 6.10. The van der Waals surface area contributed by atoms with E-state index in [0.717, 1.165) is 18.1 Å². The second kappa shape index (κ2) is 6.46. The summed E-state index contributed by atoms with van der Waals surface area (Å²) in [4.78, 5) is 2.43. The van der Waals surface area contributed by atoms with Crippen LogP contribution in [0.15, 0.2) is 24.3 Å². The Morgan fingerprint density at radius 3 is 2.85 bits per heavy atom. The molecule has 3 heteroatoms. The summed E-state index contributed by atoms with van der Waals surface area (Å²) in [7, 11) is 2.21. The number of rotatable bonds is 4. The Kier molecular flexibility index (Phi) is 5.11. The number of halogens is 1. The van der Waals surface area contributed by atoms with E-state index in [2.05, 4.69) is 50.2 Å². The van der Waals surface area contributed by atoms with Crippen LogP contribution in [0.25, 0.3) is 0 Å². The summed E-state index contributed by atoms with van der Waals surface area (Å²) in [5.41, 5.74) is 1.66. The number of benzene rings is 1. The first-order valence-electron chi connectivity index (χ1n) is 7.59. The third kappa shape index (κ3) is 3.75. The fraction of sp³-hybridized carbons (Fsp3) is 0.647. The van der Waals surface area contributed by atoms with E-state index in [1.165, 1.54) is 18.4 Å². The number of likely N-dealkylation sites (N-methyl/N-ethyl adjacent to an activating group) is 1. The largest absolute Gasteiger partial charge is 0.312 e. The molecule has 112 valence electrons. The zero-order chi connectivity index (χ0) is 14.8. The van der Waals surface area contributed by atoms with Gasteiger partial charge < -0.3 is 5.32 Å². The van der Waals surface area contributed by atoms with Crippen LogP contribution in [0.4, 0.5) is 0 Å². The average Bonchev–Trinajstić information content (AvgIpc) is 2.40. The van der Waals surface area contributed by atoms with Crippen LogP contribution in [0.5, 0.6) is 0 Å². The Morgan fingerprint density at radius 1 is 1.45 bits per heavy atom.